The molecule has 0 unspecified atom stereocenters. The van der Waals surface area contributed by atoms with E-state index < -0.39 is 0 Å². The van der Waals surface area contributed by atoms with E-state index in [9.17, 15) is 0 Å². The molecule has 1 rings (SSSR count). The zero-order valence-corrected chi connectivity index (χ0v) is 7.22. The Hall–Kier alpha value is 0.400. The lowest BCUT2D eigenvalue weighted by Crippen LogP contribution is -2.13. The molecule has 1 fully saturated rings. The molecule has 0 aromatic rings. The van der Waals surface area contributed by atoms with Crippen LogP contribution in [0.1, 0.15) is 13.8 Å². The van der Waals surface area contributed by atoms with Gasteiger partial charge in [0.1, 0.15) is 0 Å². The highest BCUT2D eigenvalue weighted by Gasteiger charge is 2.28. The standard InChI is InChI=1S/C6H11BrO2/c1-4-5(2)9-6(3-7)8-4/h4-6H,3H2,1-2H3/t4-,5-/m1/s1. The highest BCUT2D eigenvalue weighted by atomic mass is 79.9. The lowest BCUT2D eigenvalue weighted by molar-refractivity contribution is -0.0423. The molecule has 0 saturated carbocycles. The molecule has 1 saturated heterocycles. The summed E-state index contributed by atoms with van der Waals surface area (Å²) in [5.74, 6) is 0. The Morgan fingerprint density at radius 2 is 1.67 bits per heavy atom. The maximum atomic E-state index is 5.35. The van der Waals surface area contributed by atoms with Gasteiger partial charge in [0, 0.05) is 0 Å². The molecule has 2 nitrogen and oxygen atoms in total. The van der Waals surface area contributed by atoms with Crippen LogP contribution in [-0.4, -0.2) is 23.8 Å². The van der Waals surface area contributed by atoms with E-state index in [0.717, 1.165) is 5.33 Å². The second-order valence-electron chi connectivity index (χ2n) is 2.27. The van der Waals surface area contributed by atoms with Gasteiger partial charge in [-0.1, -0.05) is 15.9 Å². The van der Waals surface area contributed by atoms with Crippen molar-refractivity contribution in [2.75, 3.05) is 5.33 Å². The van der Waals surface area contributed by atoms with Gasteiger partial charge >= 0.3 is 0 Å². The van der Waals surface area contributed by atoms with Crippen LogP contribution in [0.2, 0.25) is 0 Å². The Morgan fingerprint density at radius 3 is 1.89 bits per heavy atom. The van der Waals surface area contributed by atoms with Crippen LogP contribution >= 0.6 is 15.9 Å². The first kappa shape index (κ1) is 7.51. The highest BCUT2D eigenvalue weighted by molar-refractivity contribution is 9.09. The average molecular weight is 195 g/mol. The number of hydrogen-bond donors (Lipinski definition) is 0. The maximum Gasteiger partial charge on any atom is 0.168 e. The van der Waals surface area contributed by atoms with Crippen molar-refractivity contribution in [2.45, 2.75) is 32.3 Å². The smallest absolute Gasteiger partial charge is 0.168 e. The third kappa shape index (κ3) is 1.66. The molecule has 3 heteroatoms. The summed E-state index contributed by atoms with van der Waals surface area (Å²) in [4.78, 5) is 0. The van der Waals surface area contributed by atoms with Crippen LogP contribution in [0.15, 0.2) is 0 Å². The molecule has 0 N–H and O–H groups in total. The van der Waals surface area contributed by atoms with Crippen LogP contribution in [0.25, 0.3) is 0 Å². The van der Waals surface area contributed by atoms with Crippen molar-refractivity contribution in [1.29, 1.82) is 0 Å². The number of rotatable bonds is 1. The van der Waals surface area contributed by atoms with Crippen LogP contribution in [0.3, 0.4) is 0 Å². The molecule has 9 heavy (non-hydrogen) atoms. The van der Waals surface area contributed by atoms with Crippen LogP contribution in [-0.2, 0) is 9.47 Å². The van der Waals surface area contributed by atoms with Crippen molar-refractivity contribution in [3.63, 3.8) is 0 Å². The van der Waals surface area contributed by atoms with E-state index in [2.05, 4.69) is 15.9 Å². The molecule has 1 aliphatic heterocycles. The highest BCUT2D eigenvalue weighted by Crippen LogP contribution is 2.18. The number of hydrogen-bond acceptors (Lipinski definition) is 2. The lowest BCUT2D eigenvalue weighted by atomic mass is 10.3. The third-order valence-corrected chi connectivity index (χ3v) is 2.05. The Balaban J connectivity index is 2.35. The second kappa shape index (κ2) is 2.99. The Labute approximate surface area is 63.7 Å². The van der Waals surface area contributed by atoms with Gasteiger partial charge in [0.15, 0.2) is 6.29 Å². The van der Waals surface area contributed by atoms with E-state index >= 15 is 0 Å². The largest absolute Gasteiger partial charge is 0.346 e. The summed E-state index contributed by atoms with van der Waals surface area (Å²) in [7, 11) is 0. The lowest BCUT2D eigenvalue weighted by Gasteiger charge is -2.02. The molecule has 0 aliphatic carbocycles. The van der Waals surface area contributed by atoms with Gasteiger partial charge in [0.25, 0.3) is 0 Å². The first-order valence-electron chi connectivity index (χ1n) is 3.11. The van der Waals surface area contributed by atoms with Crippen molar-refractivity contribution in [2.24, 2.45) is 0 Å². The van der Waals surface area contributed by atoms with Gasteiger partial charge in [-0.25, -0.2) is 0 Å². The first-order chi connectivity index (χ1) is 4.24. The fourth-order valence-electron chi connectivity index (χ4n) is 0.805. The monoisotopic (exact) mass is 194 g/mol. The van der Waals surface area contributed by atoms with E-state index in [0.29, 0.717) is 0 Å². The van der Waals surface area contributed by atoms with Gasteiger partial charge in [0.2, 0.25) is 0 Å². The summed E-state index contributed by atoms with van der Waals surface area (Å²) in [6, 6.07) is 0. The third-order valence-electron chi connectivity index (χ3n) is 1.52. The van der Waals surface area contributed by atoms with Gasteiger partial charge in [0.05, 0.1) is 17.5 Å². The normalized spacial score (nSPS) is 37.7. The van der Waals surface area contributed by atoms with Gasteiger partial charge in [-0.05, 0) is 13.8 Å². The summed E-state index contributed by atoms with van der Waals surface area (Å²) in [6.45, 7) is 4.04. The molecule has 0 radical (unpaired) electrons. The van der Waals surface area contributed by atoms with Crippen LogP contribution in [0.4, 0.5) is 0 Å². The summed E-state index contributed by atoms with van der Waals surface area (Å²) in [5, 5.41) is 0.766. The molecule has 0 bridgehead atoms. The fourth-order valence-corrected chi connectivity index (χ4v) is 1.11. The molecular weight excluding hydrogens is 184 g/mol. The molecule has 2 atom stereocenters. The van der Waals surface area contributed by atoms with Crippen molar-refractivity contribution in [1.82, 2.24) is 0 Å². The van der Waals surface area contributed by atoms with E-state index in [1.165, 1.54) is 0 Å². The molecule has 0 aromatic carbocycles. The van der Waals surface area contributed by atoms with E-state index in [1.54, 1.807) is 0 Å². The summed E-state index contributed by atoms with van der Waals surface area (Å²) >= 11 is 3.28. The summed E-state index contributed by atoms with van der Waals surface area (Å²) in [6.07, 6.45) is 0.454. The fraction of sp³-hybridized carbons (Fsp3) is 1.00. The molecular formula is C6H11BrO2. The zero-order chi connectivity index (χ0) is 6.85. The minimum absolute atomic E-state index is 0.0324. The van der Waals surface area contributed by atoms with Crippen LogP contribution in [0.5, 0.6) is 0 Å². The zero-order valence-electron chi connectivity index (χ0n) is 5.63. The van der Waals surface area contributed by atoms with E-state index in [4.69, 9.17) is 9.47 Å². The predicted molar refractivity (Wildman–Crippen MR) is 38.7 cm³/mol. The Bertz CT molecular complexity index is 87.1. The quantitative estimate of drug-likeness (QED) is 0.590. The summed E-state index contributed by atoms with van der Waals surface area (Å²) in [5.41, 5.74) is 0. The number of ether oxygens (including phenoxy) is 2. The van der Waals surface area contributed by atoms with Gasteiger partial charge in [-0.2, -0.15) is 0 Å². The minimum atomic E-state index is -0.0324. The second-order valence-corrected chi connectivity index (χ2v) is 2.91. The van der Waals surface area contributed by atoms with Gasteiger partial charge < -0.3 is 9.47 Å². The molecule has 1 heterocycles. The van der Waals surface area contributed by atoms with Gasteiger partial charge in [-0.3, -0.25) is 0 Å². The summed E-state index contributed by atoms with van der Waals surface area (Å²) < 4.78 is 10.7. The van der Waals surface area contributed by atoms with E-state index in [-0.39, 0.29) is 18.5 Å². The number of alkyl halides is 1. The number of halogens is 1. The minimum Gasteiger partial charge on any atom is -0.346 e. The van der Waals surface area contributed by atoms with Crippen LogP contribution in [0, 0.1) is 0 Å². The van der Waals surface area contributed by atoms with Crippen molar-refractivity contribution < 1.29 is 9.47 Å². The van der Waals surface area contributed by atoms with E-state index in [1.807, 2.05) is 13.8 Å². The first-order valence-corrected chi connectivity index (χ1v) is 4.23. The molecule has 1 aliphatic rings. The van der Waals surface area contributed by atoms with Crippen molar-refractivity contribution in [3.8, 4) is 0 Å². The maximum absolute atomic E-state index is 5.35. The van der Waals surface area contributed by atoms with Crippen LogP contribution < -0.4 is 0 Å². The van der Waals surface area contributed by atoms with Crippen molar-refractivity contribution >= 4 is 15.9 Å². The van der Waals surface area contributed by atoms with Gasteiger partial charge in [-0.15, -0.1) is 0 Å². The molecule has 54 valence electrons. The Morgan fingerprint density at radius 1 is 1.22 bits per heavy atom. The molecule has 0 spiro atoms. The topological polar surface area (TPSA) is 18.5 Å². The van der Waals surface area contributed by atoms with Crippen molar-refractivity contribution in [3.05, 3.63) is 0 Å². The molecule has 0 amide bonds. The predicted octanol–water partition coefficient (Wildman–Crippen LogP) is 1.53. The SMILES string of the molecule is C[C@H]1OC(CBr)O[C@@H]1C. The molecule has 0 aromatic heterocycles. The average Bonchev–Trinajstić information content (AvgIpc) is 2.13. The Kier molecular flexibility index (Phi) is 2.50.